The van der Waals surface area contributed by atoms with E-state index < -0.39 is 0 Å². The van der Waals surface area contributed by atoms with Crippen molar-refractivity contribution in [3.05, 3.63) is 0 Å². The van der Waals surface area contributed by atoms with Gasteiger partial charge in [-0.1, -0.05) is 6.42 Å². The molecule has 0 aromatic rings. The van der Waals surface area contributed by atoms with Crippen LogP contribution < -0.4 is 5.32 Å². The Kier molecular flexibility index (Phi) is 2.52. The van der Waals surface area contributed by atoms with Crippen LogP contribution in [0.1, 0.15) is 40.0 Å². The molecule has 1 aliphatic carbocycles. The summed E-state index contributed by atoms with van der Waals surface area (Å²) in [5.41, 5.74) is 0. The second-order valence-corrected chi connectivity index (χ2v) is 4.74. The summed E-state index contributed by atoms with van der Waals surface area (Å²) in [7, 11) is 0. The molecule has 1 saturated carbocycles. The normalized spacial score (nSPS) is 35.9. The van der Waals surface area contributed by atoms with Gasteiger partial charge in [-0.2, -0.15) is 0 Å². The van der Waals surface area contributed by atoms with E-state index in [1.807, 2.05) is 11.8 Å². The van der Waals surface area contributed by atoms with Crippen LogP contribution in [0.25, 0.3) is 0 Å². The fourth-order valence-electron chi connectivity index (χ4n) is 2.63. The van der Waals surface area contributed by atoms with Crippen molar-refractivity contribution in [3.8, 4) is 0 Å². The van der Waals surface area contributed by atoms with E-state index in [0.29, 0.717) is 6.04 Å². The lowest BCUT2D eigenvalue weighted by Crippen LogP contribution is -2.46. The lowest BCUT2D eigenvalue weighted by Gasteiger charge is -2.38. The second-order valence-electron chi connectivity index (χ2n) is 4.74. The number of hydrogen-bond donors (Lipinski definition) is 1. The average molecular weight is 196 g/mol. The van der Waals surface area contributed by atoms with Crippen molar-refractivity contribution in [2.45, 2.75) is 58.3 Å². The molecule has 1 amide bonds. The van der Waals surface area contributed by atoms with Gasteiger partial charge < -0.3 is 4.90 Å². The Morgan fingerprint density at radius 3 is 2.43 bits per heavy atom. The monoisotopic (exact) mass is 196 g/mol. The van der Waals surface area contributed by atoms with E-state index in [1.165, 1.54) is 19.3 Å². The Hall–Kier alpha value is -0.570. The minimum absolute atomic E-state index is 0.00697. The van der Waals surface area contributed by atoms with E-state index in [9.17, 15) is 4.79 Å². The molecule has 14 heavy (non-hydrogen) atoms. The highest BCUT2D eigenvalue weighted by atomic mass is 16.2. The standard InChI is InChI=1S/C11H20N2O/c1-7-11(14)13(9(3)12-7)8(2)10-5-4-6-10/h7-10,12H,4-6H2,1-3H3. The number of amides is 1. The number of nitrogens with zero attached hydrogens (tertiary/aromatic N) is 1. The summed E-state index contributed by atoms with van der Waals surface area (Å²) in [5, 5.41) is 3.28. The maximum atomic E-state index is 11.9. The van der Waals surface area contributed by atoms with Gasteiger partial charge in [-0.25, -0.2) is 0 Å². The summed E-state index contributed by atoms with van der Waals surface area (Å²) < 4.78 is 0. The summed E-state index contributed by atoms with van der Waals surface area (Å²) in [6, 6.07) is 0.427. The molecule has 0 radical (unpaired) electrons. The molecule has 0 aromatic heterocycles. The Morgan fingerprint density at radius 1 is 1.43 bits per heavy atom. The largest absolute Gasteiger partial charge is 0.323 e. The molecule has 2 fully saturated rings. The molecule has 2 rings (SSSR count). The third kappa shape index (κ3) is 1.44. The molecule has 1 aliphatic heterocycles. The maximum absolute atomic E-state index is 11.9. The van der Waals surface area contributed by atoms with Crippen LogP contribution in [0.3, 0.4) is 0 Å². The first kappa shape index (κ1) is 9.97. The van der Waals surface area contributed by atoms with Crippen molar-refractivity contribution in [1.82, 2.24) is 10.2 Å². The highest BCUT2D eigenvalue weighted by Crippen LogP contribution is 2.33. The maximum Gasteiger partial charge on any atom is 0.240 e. The third-order valence-electron chi connectivity index (χ3n) is 3.80. The van der Waals surface area contributed by atoms with Gasteiger partial charge in [0.05, 0.1) is 12.2 Å². The van der Waals surface area contributed by atoms with Gasteiger partial charge in [0, 0.05) is 6.04 Å². The molecule has 3 nitrogen and oxygen atoms in total. The van der Waals surface area contributed by atoms with Gasteiger partial charge >= 0.3 is 0 Å². The molecule has 2 aliphatic rings. The Labute approximate surface area is 85.8 Å². The minimum Gasteiger partial charge on any atom is -0.323 e. The van der Waals surface area contributed by atoms with Gasteiger partial charge in [-0.05, 0) is 39.5 Å². The van der Waals surface area contributed by atoms with Gasteiger partial charge in [0.25, 0.3) is 0 Å². The molecule has 1 N–H and O–H groups in total. The predicted molar refractivity (Wildman–Crippen MR) is 55.7 cm³/mol. The van der Waals surface area contributed by atoms with E-state index in [4.69, 9.17) is 0 Å². The molecule has 3 heteroatoms. The summed E-state index contributed by atoms with van der Waals surface area (Å²) in [4.78, 5) is 13.9. The summed E-state index contributed by atoms with van der Waals surface area (Å²) in [5.74, 6) is 1.02. The number of carbonyl (C=O) groups is 1. The smallest absolute Gasteiger partial charge is 0.240 e. The topological polar surface area (TPSA) is 32.3 Å². The summed E-state index contributed by atoms with van der Waals surface area (Å²) in [6.07, 6.45) is 4.15. The number of rotatable bonds is 2. The average Bonchev–Trinajstić information content (AvgIpc) is 2.23. The molecular formula is C11H20N2O. The molecule has 0 bridgehead atoms. The van der Waals surface area contributed by atoms with E-state index in [0.717, 1.165) is 5.92 Å². The highest BCUT2D eigenvalue weighted by molar-refractivity contribution is 5.84. The van der Waals surface area contributed by atoms with Crippen LogP contribution in [-0.4, -0.2) is 29.1 Å². The minimum atomic E-state index is 0.00697. The van der Waals surface area contributed by atoms with Crippen molar-refractivity contribution in [2.75, 3.05) is 0 Å². The van der Waals surface area contributed by atoms with Crippen LogP contribution in [0, 0.1) is 5.92 Å². The Bertz CT molecular complexity index is 237. The Balaban J connectivity index is 2.04. The van der Waals surface area contributed by atoms with Crippen LogP contribution in [0.4, 0.5) is 0 Å². The quantitative estimate of drug-likeness (QED) is 0.723. The second kappa shape index (κ2) is 3.54. The lowest BCUT2D eigenvalue weighted by molar-refractivity contribution is -0.133. The molecule has 0 spiro atoms. The van der Waals surface area contributed by atoms with E-state index in [-0.39, 0.29) is 18.1 Å². The zero-order valence-corrected chi connectivity index (χ0v) is 9.29. The van der Waals surface area contributed by atoms with Crippen LogP contribution in [-0.2, 0) is 4.79 Å². The first-order valence-corrected chi connectivity index (χ1v) is 5.69. The van der Waals surface area contributed by atoms with Gasteiger partial charge in [-0.15, -0.1) is 0 Å². The molecular weight excluding hydrogens is 176 g/mol. The number of carbonyl (C=O) groups excluding carboxylic acids is 1. The van der Waals surface area contributed by atoms with Gasteiger partial charge in [0.1, 0.15) is 0 Å². The van der Waals surface area contributed by atoms with E-state index in [2.05, 4.69) is 19.2 Å². The number of nitrogens with one attached hydrogen (secondary N) is 1. The zero-order chi connectivity index (χ0) is 10.3. The molecule has 3 atom stereocenters. The fraction of sp³-hybridized carbons (Fsp3) is 0.909. The summed E-state index contributed by atoms with van der Waals surface area (Å²) in [6.45, 7) is 6.22. The van der Waals surface area contributed by atoms with Crippen molar-refractivity contribution < 1.29 is 4.79 Å². The van der Waals surface area contributed by atoms with Crippen molar-refractivity contribution in [3.63, 3.8) is 0 Å². The van der Waals surface area contributed by atoms with Gasteiger partial charge in [-0.3, -0.25) is 10.1 Å². The van der Waals surface area contributed by atoms with Crippen LogP contribution in [0.2, 0.25) is 0 Å². The van der Waals surface area contributed by atoms with E-state index in [1.54, 1.807) is 0 Å². The molecule has 1 saturated heterocycles. The van der Waals surface area contributed by atoms with Crippen LogP contribution >= 0.6 is 0 Å². The van der Waals surface area contributed by atoms with Crippen molar-refractivity contribution in [2.24, 2.45) is 5.92 Å². The van der Waals surface area contributed by atoms with E-state index >= 15 is 0 Å². The third-order valence-corrected chi connectivity index (χ3v) is 3.80. The van der Waals surface area contributed by atoms with Crippen molar-refractivity contribution >= 4 is 5.91 Å². The number of hydrogen-bond acceptors (Lipinski definition) is 2. The zero-order valence-electron chi connectivity index (χ0n) is 9.29. The Morgan fingerprint density at radius 2 is 2.07 bits per heavy atom. The van der Waals surface area contributed by atoms with Crippen LogP contribution in [0.5, 0.6) is 0 Å². The highest BCUT2D eigenvalue weighted by Gasteiger charge is 2.40. The lowest BCUT2D eigenvalue weighted by atomic mass is 9.79. The fourth-order valence-corrected chi connectivity index (χ4v) is 2.63. The van der Waals surface area contributed by atoms with Crippen molar-refractivity contribution in [1.29, 1.82) is 0 Å². The molecule has 0 aromatic carbocycles. The SMILES string of the molecule is CC1NC(C)N(C(C)C2CCC2)C1=O. The van der Waals surface area contributed by atoms with Gasteiger partial charge in [0.2, 0.25) is 5.91 Å². The molecule has 80 valence electrons. The molecule has 3 unspecified atom stereocenters. The first-order chi connectivity index (χ1) is 6.61. The predicted octanol–water partition coefficient (Wildman–Crippen LogP) is 1.34. The summed E-state index contributed by atoms with van der Waals surface area (Å²) >= 11 is 0. The van der Waals surface area contributed by atoms with Crippen LogP contribution in [0.15, 0.2) is 0 Å². The first-order valence-electron chi connectivity index (χ1n) is 5.69. The van der Waals surface area contributed by atoms with Gasteiger partial charge in [0.15, 0.2) is 0 Å². The molecule has 1 heterocycles.